The average Bonchev–Trinajstić information content (AvgIpc) is 2.52. The Kier molecular flexibility index (Phi) is 15.1. The number of hydrogen-bond donors (Lipinski definition) is 0. The maximum atomic E-state index is 11.4. The number of esters is 2. The van der Waals surface area contributed by atoms with Gasteiger partial charge in [-0.1, -0.05) is 51.7 Å². The number of hydrogen-bond acceptors (Lipinski definition) is 4. The van der Waals surface area contributed by atoms with Gasteiger partial charge in [0.1, 0.15) is 0 Å². The van der Waals surface area contributed by atoms with Crippen molar-refractivity contribution >= 4 is 11.9 Å². The Morgan fingerprint density at radius 2 is 1.23 bits per heavy atom. The normalized spacial score (nSPS) is 10.8. The molecule has 0 heterocycles. The second kappa shape index (κ2) is 16.1. The predicted octanol–water partition coefficient (Wildman–Crippen LogP) is 4.57. The largest absolute Gasteiger partial charge is 0.466 e. The third-order valence-electron chi connectivity index (χ3n) is 3.21. The van der Waals surface area contributed by atoms with Gasteiger partial charge in [-0.15, -0.1) is 0 Å². The number of unbranched alkanes of at least 4 members (excludes halogenated alkanes) is 5. The van der Waals surface area contributed by atoms with Crippen LogP contribution in [0.4, 0.5) is 0 Å². The van der Waals surface area contributed by atoms with Crippen molar-refractivity contribution in [2.45, 2.75) is 78.1 Å². The summed E-state index contributed by atoms with van der Waals surface area (Å²) in [5, 5.41) is 0. The molecule has 0 saturated heterocycles. The van der Waals surface area contributed by atoms with Crippen molar-refractivity contribution in [3.05, 3.63) is 12.2 Å². The van der Waals surface area contributed by atoms with E-state index in [4.69, 9.17) is 9.47 Å². The molecule has 0 atom stereocenters. The van der Waals surface area contributed by atoms with E-state index in [1.54, 1.807) is 0 Å². The lowest BCUT2D eigenvalue weighted by molar-refractivity contribution is -0.150. The minimum Gasteiger partial charge on any atom is -0.466 e. The van der Waals surface area contributed by atoms with Crippen LogP contribution in [0.2, 0.25) is 0 Å². The molecule has 0 fully saturated rings. The van der Waals surface area contributed by atoms with E-state index in [2.05, 4.69) is 26.0 Å². The molecule has 0 saturated carbocycles. The first-order valence-electron chi connectivity index (χ1n) is 8.66. The van der Waals surface area contributed by atoms with Gasteiger partial charge in [0.05, 0.1) is 26.1 Å². The molecular weight excluding hydrogens is 280 g/mol. The van der Waals surface area contributed by atoms with E-state index in [-0.39, 0.29) is 24.8 Å². The van der Waals surface area contributed by atoms with Crippen LogP contribution in [-0.4, -0.2) is 25.2 Å². The Hall–Kier alpha value is -1.32. The number of carbonyl (C=O) groups excluding carboxylic acids is 2. The van der Waals surface area contributed by atoms with Crippen LogP contribution >= 0.6 is 0 Å². The standard InChI is InChI=1S/C18H32O4/c1-3-5-7-8-9-10-12-16-22-18(20)14-13-17(19)21-15-11-6-4-2/h8-9H,3-7,10-16H2,1-2H3/b9-8+. The van der Waals surface area contributed by atoms with Gasteiger partial charge in [-0.2, -0.15) is 0 Å². The number of allylic oxidation sites excluding steroid dienone is 2. The highest BCUT2D eigenvalue weighted by molar-refractivity contribution is 5.77. The fourth-order valence-corrected chi connectivity index (χ4v) is 1.83. The Bertz CT molecular complexity index is 310. The number of carbonyl (C=O) groups is 2. The lowest BCUT2D eigenvalue weighted by Crippen LogP contribution is -2.11. The molecule has 4 nitrogen and oxygen atoms in total. The van der Waals surface area contributed by atoms with Crippen LogP contribution in [0.1, 0.15) is 78.1 Å². The van der Waals surface area contributed by atoms with E-state index in [9.17, 15) is 9.59 Å². The van der Waals surface area contributed by atoms with E-state index >= 15 is 0 Å². The van der Waals surface area contributed by atoms with Crippen molar-refractivity contribution < 1.29 is 19.1 Å². The van der Waals surface area contributed by atoms with E-state index in [0.29, 0.717) is 13.2 Å². The molecule has 0 spiro atoms. The van der Waals surface area contributed by atoms with Gasteiger partial charge in [-0.3, -0.25) is 9.59 Å². The zero-order chi connectivity index (χ0) is 16.5. The fourth-order valence-electron chi connectivity index (χ4n) is 1.83. The zero-order valence-corrected chi connectivity index (χ0v) is 14.3. The van der Waals surface area contributed by atoms with E-state index < -0.39 is 0 Å². The second-order valence-corrected chi connectivity index (χ2v) is 5.40. The van der Waals surface area contributed by atoms with Crippen LogP contribution in [0.25, 0.3) is 0 Å². The smallest absolute Gasteiger partial charge is 0.306 e. The van der Waals surface area contributed by atoms with Gasteiger partial charge >= 0.3 is 11.9 Å². The van der Waals surface area contributed by atoms with Crippen LogP contribution in [0.5, 0.6) is 0 Å². The van der Waals surface area contributed by atoms with E-state index in [0.717, 1.165) is 38.5 Å². The summed E-state index contributed by atoms with van der Waals surface area (Å²) in [6.45, 7) is 5.14. The third-order valence-corrected chi connectivity index (χ3v) is 3.21. The van der Waals surface area contributed by atoms with Crippen LogP contribution in [0, 0.1) is 0 Å². The highest BCUT2D eigenvalue weighted by Gasteiger charge is 2.08. The Morgan fingerprint density at radius 3 is 1.77 bits per heavy atom. The van der Waals surface area contributed by atoms with E-state index in [1.165, 1.54) is 12.8 Å². The lowest BCUT2D eigenvalue weighted by atomic mass is 10.2. The minimum absolute atomic E-state index is 0.110. The molecule has 0 aromatic rings. The lowest BCUT2D eigenvalue weighted by Gasteiger charge is -2.05. The van der Waals surface area contributed by atoms with Crippen molar-refractivity contribution in [3.8, 4) is 0 Å². The predicted molar refractivity (Wildman–Crippen MR) is 88.6 cm³/mol. The average molecular weight is 312 g/mol. The van der Waals surface area contributed by atoms with Gasteiger partial charge in [0, 0.05) is 0 Å². The Morgan fingerprint density at radius 1 is 0.727 bits per heavy atom. The molecule has 0 radical (unpaired) electrons. The molecule has 0 aliphatic carbocycles. The van der Waals surface area contributed by atoms with Crippen LogP contribution in [0.15, 0.2) is 12.2 Å². The van der Waals surface area contributed by atoms with Gasteiger partial charge in [-0.05, 0) is 25.7 Å². The minimum atomic E-state index is -0.319. The maximum Gasteiger partial charge on any atom is 0.306 e. The van der Waals surface area contributed by atoms with Gasteiger partial charge in [0.25, 0.3) is 0 Å². The second-order valence-electron chi connectivity index (χ2n) is 5.40. The van der Waals surface area contributed by atoms with Crippen LogP contribution in [-0.2, 0) is 19.1 Å². The molecule has 0 N–H and O–H groups in total. The summed E-state index contributed by atoms with van der Waals surface area (Å²) in [6.07, 6.45) is 12.9. The summed E-state index contributed by atoms with van der Waals surface area (Å²) in [5.74, 6) is -0.632. The number of ether oxygens (including phenoxy) is 2. The summed E-state index contributed by atoms with van der Waals surface area (Å²) < 4.78 is 10.1. The molecule has 0 aliphatic rings. The molecule has 0 aromatic heterocycles. The van der Waals surface area contributed by atoms with Crippen molar-refractivity contribution in [3.63, 3.8) is 0 Å². The highest BCUT2D eigenvalue weighted by Crippen LogP contribution is 2.01. The summed E-state index contributed by atoms with van der Waals surface area (Å²) in [7, 11) is 0. The monoisotopic (exact) mass is 312 g/mol. The number of rotatable bonds is 14. The van der Waals surface area contributed by atoms with Gasteiger partial charge in [0.2, 0.25) is 0 Å². The van der Waals surface area contributed by atoms with Gasteiger partial charge in [0.15, 0.2) is 0 Å². The van der Waals surface area contributed by atoms with Crippen LogP contribution in [0.3, 0.4) is 0 Å². The molecular formula is C18H32O4. The summed E-state index contributed by atoms with van der Waals surface area (Å²) in [4.78, 5) is 22.8. The SMILES string of the molecule is CCCC/C=C/CCCOC(=O)CCC(=O)OCCCCC. The van der Waals surface area contributed by atoms with Crippen molar-refractivity contribution in [2.24, 2.45) is 0 Å². The summed E-state index contributed by atoms with van der Waals surface area (Å²) in [5.41, 5.74) is 0. The third kappa shape index (κ3) is 15.1. The molecule has 0 aromatic carbocycles. The molecule has 4 heteroatoms. The van der Waals surface area contributed by atoms with Crippen molar-refractivity contribution in [1.82, 2.24) is 0 Å². The van der Waals surface area contributed by atoms with Gasteiger partial charge in [-0.25, -0.2) is 0 Å². The first-order valence-corrected chi connectivity index (χ1v) is 8.66. The molecule has 0 aliphatic heterocycles. The fraction of sp³-hybridized carbons (Fsp3) is 0.778. The zero-order valence-electron chi connectivity index (χ0n) is 14.3. The van der Waals surface area contributed by atoms with Crippen LogP contribution < -0.4 is 0 Å². The van der Waals surface area contributed by atoms with Gasteiger partial charge < -0.3 is 9.47 Å². The molecule has 128 valence electrons. The molecule has 0 amide bonds. The Labute approximate surface area is 135 Å². The topological polar surface area (TPSA) is 52.6 Å². The molecule has 0 rings (SSSR count). The summed E-state index contributed by atoms with van der Waals surface area (Å²) in [6, 6.07) is 0. The first-order chi connectivity index (χ1) is 10.7. The highest BCUT2D eigenvalue weighted by atomic mass is 16.5. The summed E-state index contributed by atoms with van der Waals surface area (Å²) >= 11 is 0. The Balaban J connectivity index is 3.42. The maximum absolute atomic E-state index is 11.4. The van der Waals surface area contributed by atoms with E-state index in [1.807, 2.05) is 0 Å². The molecule has 0 unspecified atom stereocenters. The molecule has 0 bridgehead atoms. The first kappa shape index (κ1) is 20.7. The van der Waals surface area contributed by atoms with Crippen molar-refractivity contribution in [1.29, 1.82) is 0 Å². The quantitative estimate of drug-likeness (QED) is 0.268. The molecule has 22 heavy (non-hydrogen) atoms. The van der Waals surface area contributed by atoms with Crippen molar-refractivity contribution in [2.75, 3.05) is 13.2 Å².